The lowest BCUT2D eigenvalue weighted by Gasteiger charge is -2.33. The first-order valence-corrected chi connectivity index (χ1v) is 30.5. The van der Waals surface area contributed by atoms with Crippen molar-refractivity contribution in [3.8, 4) is 0 Å². The molecule has 0 rings (SSSR count). The SMILES string of the molecule is CCCCCCCCCCCCCCCCCC(=O)NCCCC(=O)CCC(=O)NCCCN(C)C.CCCCCCCCCCCCCCCCCC(=O)NCCCC(=O)CCC(=O)NCCC[N+](C)(C)[O-]. The first-order chi connectivity index (χ1) is 35.2. The summed E-state index contributed by atoms with van der Waals surface area (Å²) in [7, 11) is 7.15. The number of carbonyl (C=O) groups is 6. The fourth-order valence-corrected chi connectivity index (χ4v) is 8.76. The molecule has 0 aromatic heterocycles. The van der Waals surface area contributed by atoms with Crippen LogP contribution in [0.25, 0.3) is 0 Å². The van der Waals surface area contributed by atoms with E-state index in [4.69, 9.17) is 0 Å². The molecule has 0 unspecified atom stereocenters. The van der Waals surface area contributed by atoms with E-state index in [9.17, 15) is 34.0 Å². The summed E-state index contributed by atoms with van der Waals surface area (Å²) < 4.78 is -0.371. The number of hydroxylamine groups is 3. The van der Waals surface area contributed by atoms with Gasteiger partial charge in [-0.2, -0.15) is 0 Å². The summed E-state index contributed by atoms with van der Waals surface area (Å²) in [6.45, 7) is 8.09. The Kier molecular flexibility index (Phi) is 54.7. The minimum Gasteiger partial charge on any atom is -0.633 e. The first kappa shape index (κ1) is 72.2. The third kappa shape index (κ3) is 63.3. The number of unbranched alkanes of at least 4 members (excludes halogenated alkanes) is 28. The van der Waals surface area contributed by atoms with Crippen molar-refractivity contribution in [3.63, 3.8) is 0 Å². The van der Waals surface area contributed by atoms with Crippen LogP contribution < -0.4 is 21.3 Å². The molecule has 0 aliphatic carbocycles. The van der Waals surface area contributed by atoms with E-state index in [1.165, 1.54) is 167 Å². The molecule has 430 valence electrons. The van der Waals surface area contributed by atoms with Crippen molar-refractivity contribution >= 4 is 35.2 Å². The minimum absolute atomic E-state index is 0.0455. The van der Waals surface area contributed by atoms with Crippen LogP contribution in [0.4, 0.5) is 0 Å². The maximum Gasteiger partial charge on any atom is 0.220 e. The van der Waals surface area contributed by atoms with E-state index in [2.05, 4.69) is 40.0 Å². The number of rotatable bonds is 54. The second-order valence-electron chi connectivity index (χ2n) is 21.9. The Morgan fingerprint density at radius 2 is 0.589 bits per heavy atom. The summed E-state index contributed by atoms with van der Waals surface area (Å²) in [6, 6.07) is 0. The predicted octanol–water partition coefficient (Wildman–Crippen LogP) is 13.1. The van der Waals surface area contributed by atoms with Crippen LogP contribution >= 0.6 is 0 Å². The highest BCUT2D eigenvalue weighted by molar-refractivity contribution is 5.85. The molecule has 0 radical (unpaired) electrons. The molecular formula is C60H118N6O7. The molecule has 0 saturated carbocycles. The molecule has 0 heterocycles. The molecule has 0 fully saturated rings. The van der Waals surface area contributed by atoms with Gasteiger partial charge in [0.1, 0.15) is 11.6 Å². The number of Topliss-reactive ketones (excluding diaryl/α,β-unsaturated/α-hetero) is 2. The molecular weight excluding hydrogens is 917 g/mol. The lowest BCUT2D eigenvalue weighted by Crippen LogP contribution is -2.35. The van der Waals surface area contributed by atoms with Gasteiger partial charge < -0.3 is 36.0 Å². The van der Waals surface area contributed by atoms with Crippen LogP contribution in [-0.4, -0.2) is 112 Å². The number of ketones is 2. The Morgan fingerprint density at radius 3 is 0.877 bits per heavy atom. The highest BCUT2D eigenvalue weighted by atomic mass is 16.5. The zero-order chi connectivity index (χ0) is 54.3. The molecule has 4 N–H and O–H groups in total. The van der Waals surface area contributed by atoms with Gasteiger partial charge in [0.05, 0.1) is 20.6 Å². The fourth-order valence-electron chi connectivity index (χ4n) is 8.76. The van der Waals surface area contributed by atoms with E-state index < -0.39 is 0 Å². The van der Waals surface area contributed by atoms with Crippen molar-refractivity contribution in [1.82, 2.24) is 26.2 Å². The average Bonchev–Trinajstić information content (AvgIpc) is 3.35. The smallest absolute Gasteiger partial charge is 0.220 e. The fraction of sp³-hybridized carbons (Fsp3) is 0.900. The minimum atomic E-state index is -0.371. The van der Waals surface area contributed by atoms with Gasteiger partial charge in [-0.25, -0.2) is 0 Å². The Morgan fingerprint density at radius 1 is 0.329 bits per heavy atom. The number of nitrogens with one attached hydrogen (secondary N) is 4. The molecule has 73 heavy (non-hydrogen) atoms. The zero-order valence-corrected chi connectivity index (χ0v) is 48.7. The lowest BCUT2D eigenvalue weighted by atomic mass is 10.0. The summed E-state index contributed by atoms with van der Waals surface area (Å²) in [5.74, 6) is 0.0928. The highest BCUT2D eigenvalue weighted by Crippen LogP contribution is 2.16. The number of nitrogens with zero attached hydrogens (tertiary/aromatic N) is 2. The van der Waals surface area contributed by atoms with Crippen LogP contribution in [0.2, 0.25) is 0 Å². The summed E-state index contributed by atoms with van der Waals surface area (Å²) in [6.07, 6.45) is 45.3. The lowest BCUT2D eigenvalue weighted by molar-refractivity contribution is -0.840. The first-order valence-electron chi connectivity index (χ1n) is 30.5. The number of carbonyl (C=O) groups excluding carboxylic acids is 6. The van der Waals surface area contributed by atoms with Crippen molar-refractivity contribution < 1.29 is 33.4 Å². The highest BCUT2D eigenvalue weighted by Gasteiger charge is 2.10. The van der Waals surface area contributed by atoms with Gasteiger partial charge in [-0.05, 0) is 52.7 Å². The van der Waals surface area contributed by atoms with Crippen molar-refractivity contribution in [2.75, 3.05) is 67.5 Å². The second kappa shape index (κ2) is 55.3. The molecule has 0 aliphatic heterocycles. The van der Waals surface area contributed by atoms with Gasteiger partial charge in [-0.3, -0.25) is 28.8 Å². The molecule has 0 aromatic rings. The summed E-state index contributed by atoms with van der Waals surface area (Å²) in [5, 5.41) is 22.9. The monoisotopic (exact) mass is 1030 g/mol. The summed E-state index contributed by atoms with van der Waals surface area (Å²) in [5.41, 5.74) is 0. The Labute approximate surface area is 449 Å². The van der Waals surface area contributed by atoms with Gasteiger partial charge in [0.15, 0.2) is 0 Å². The van der Waals surface area contributed by atoms with E-state index in [1.54, 1.807) is 14.1 Å². The van der Waals surface area contributed by atoms with E-state index in [-0.39, 0.29) is 65.5 Å². The molecule has 0 spiro atoms. The van der Waals surface area contributed by atoms with E-state index in [1.807, 2.05) is 14.1 Å². The predicted molar refractivity (Wildman–Crippen MR) is 306 cm³/mol. The molecule has 0 saturated heterocycles. The Balaban J connectivity index is 0. The van der Waals surface area contributed by atoms with E-state index in [0.29, 0.717) is 77.7 Å². The van der Waals surface area contributed by atoms with Crippen molar-refractivity contribution in [1.29, 1.82) is 0 Å². The molecule has 13 heteroatoms. The molecule has 0 aliphatic rings. The third-order valence-electron chi connectivity index (χ3n) is 13.5. The molecule has 13 nitrogen and oxygen atoms in total. The Bertz CT molecular complexity index is 1310. The maximum absolute atomic E-state index is 12.0. The maximum atomic E-state index is 12.0. The molecule has 0 aromatic carbocycles. The second-order valence-corrected chi connectivity index (χ2v) is 21.9. The van der Waals surface area contributed by atoms with Crippen LogP contribution in [0.1, 0.15) is 284 Å². The standard InChI is InChI=1S/C30H59N3O4.C30H59N3O3/c1-4-5-6-7-8-9-10-11-12-13-14-15-16-17-18-22-29(35)31-25-19-21-28(34)23-24-30(36)32-26-20-27-33(2,3)37;1-4-5-6-7-8-9-10-11-12-13-14-15-16-17-18-22-29(35)31-25-19-21-28(34)23-24-30(36)32-26-20-27-33(2)3/h4-27H2,1-3H3,(H,31,35)(H,32,36);4-27H2,1-3H3,(H,31,35)(H,32,36). The number of amides is 4. The Hall–Kier alpha value is -2.90. The van der Waals surface area contributed by atoms with Gasteiger partial charge in [-0.15, -0.1) is 0 Å². The zero-order valence-electron chi connectivity index (χ0n) is 48.7. The van der Waals surface area contributed by atoms with Gasteiger partial charge in [0.2, 0.25) is 23.6 Å². The van der Waals surface area contributed by atoms with Crippen molar-refractivity contribution in [2.24, 2.45) is 0 Å². The number of quaternary nitrogens is 1. The van der Waals surface area contributed by atoms with Crippen LogP contribution in [0.3, 0.4) is 0 Å². The third-order valence-corrected chi connectivity index (χ3v) is 13.5. The average molecular weight is 1040 g/mol. The molecule has 4 amide bonds. The van der Waals surface area contributed by atoms with Gasteiger partial charge in [-0.1, -0.05) is 194 Å². The van der Waals surface area contributed by atoms with Crippen molar-refractivity contribution in [3.05, 3.63) is 5.21 Å². The normalized spacial score (nSPS) is 11.3. The summed E-state index contributed by atoms with van der Waals surface area (Å²) >= 11 is 0. The van der Waals surface area contributed by atoms with Crippen molar-refractivity contribution in [2.45, 2.75) is 284 Å². The molecule has 0 atom stereocenters. The molecule has 0 bridgehead atoms. The number of hydrogen-bond donors (Lipinski definition) is 4. The van der Waals surface area contributed by atoms with Crippen LogP contribution in [-0.2, 0) is 28.8 Å². The van der Waals surface area contributed by atoms with E-state index >= 15 is 0 Å². The van der Waals surface area contributed by atoms with Gasteiger partial charge in [0.25, 0.3) is 0 Å². The van der Waals surface area contributed by atoms with Crippen LogP contribution in [0.5, 0.6) is 0 Å². The van der Waals surface area contributed by atoms with Crippen LogP contribution in [0, 0.1) is 5.21 Å². The largest absolute Gasteiger partial charge is 0.633 e. The quantitative estimate of drug-likeness (QED) is 0.0264. The van der Waals surface area contributed by atoms with Gasteiger partial charge in [0, 0.05) is 84.0 Å². The van der Waals surface area contributed by atoms with Crippen LogP contribution in [0.15, 0.2) is 0 Å². The summed E-state index contributed by atoms with van der Waals surface area (Å²) in [4.78, 5) is 73.4. The topological polar surface area (TPSA) is 177 Å². The van der Waals surface area contributed by atoms with Gasteiger partial charge >= 0.3 is 0 Å². The number of hydrogen-bond acceptors (Lipinski definition) is 8. The van der Waals surface area contributed by atoms with E-state index in [0.717, 1.165) is 38.6 Å².